The first kappa shape index (κ1) is 17.5. The predicted octanol–water partition coefficient (Wildman–Crippen LogP) is 6.09. The highest BCUT2D eigenvalue weighted by molar-refractivity contribution is 8.00. The van der Waals surface area contributed by atoms with E-state index in [0.29, 0.717) is 23.6 Å². The molecule has 0 nitrogen and oxygen atoms in total. The molecule has 1 aliphatic carbocycles. The number of halogens is 4. The van der Waals surface area contributed by atoms with Gasteiger partial charge >= 0.3 is 5.51 Å². The molecule has 0 spiro atoms. The van der Waals surface area contributed by atoms with Crippen molar-refractivity contribution < 1.29 is 13.2 Å². The molecule has 0 bridgehead atoms. The van der Waals surface area contributed by atoms with Crippen molar-refractivity contribution in [2.24, 2.45) is 16.7 Å². The van der Waals surface area contributed by atoms with Crippen molar-refractivity contribution in [1.82, 2.24) is 0 Å². The Balaban J connectivity index is 2.47. The minimum absolute atomic E-state index is 0.0679. The van der Waals surface area contributed by atoms with Crippen LogP contribution in [0.25, 0.3) is 0 Å². The lowest BCUT2D eigenvalue weighted by Crippen LogP contribution is -2.34. The van der Waals surface area contributed by atoms with E-state index in [9.17, 15) is 13.2 Å². The molecule has 19 heavy (non-hydrogen) atoms. The molecule has 114 valence electrons. The van der Waals surface area contributed by atoms with Crippen LogP contribution in [0.5, 0.6) is 0 Å². The van der Waals surface area contributed by atoms with Crippen LogP contribution in [-0.2, 0) is 0 Å². The SMILES string of the molecule is CC(C)(C)C1CCC(CCl)(CCSC(F)(F)F)CC1. The van der Waals surface area contributed by atoms with Crippen LogP contribution in [0, 0.1) is 16.7 Å². The standard InChI is InChI=1S/C14H24ClF3S/c1-12(2,3)11-4-6-13(10-15,7-5-11)8-9-19-14(16,17)18/h11H,4-10H2,1-3H3. The highest BCUT2D eigenvalue weighted by atomic mass is 35.5. The van der Waals surface area contributed by atoms with Crippen molar-refractivity contribution in [3.8, 4) is 0 Å². The fourth-order valence-corrected chi connectivity index (χ4v) is 4.10. The fraction of sp³-hybridized carbons (Fsp3) is 1.00. The van der Waals surface area contributed by atoms with Crippen molar-refractivity contribution in [3.05, 3.63) is 0 Å². The van der Waals surface area contributed by atoms with Crippen molar-refractivity contribution in [2.75, 3.05) is 11.6 Å². The molecule has 0 heterocycles. The van der Waals surface area contributed by atoms with E-state index >= 15 is 0 Å². The molecule has 0 amide bonds. The van der Waals surface area contributed by atoms with E-state index in [1.54, 1.807) is 0 Å². The van der Waals surface area contributed by atoms with Gasteiger partial charge in [-0.15, -0.1) is 11.6 Å². The highest BCUT2D eigenvalue weighted by Crippen LogP contribution is 2.48. The Morgan fingerprint density at radius 1 is 1.16 bits per heavy atom. The van der Waals surface area contributed by atoms with E-state index < -0.39 is 5.51 Å². The monoisotopic (exact) mass is 316 g/mol. The van der Waals surface area contributed by atoms with Gasteiger partial charge in [-0.25, -0.2) is 0 Å². The largest absolute Gasteiger partial charge is 0.441 e. The summed E-state index contributed by atoms with van der Waals surface area (Å²) in [5.41, 5.74) is -3.89. The van der Waals surface area contributed by atoms with Crippen LogP contribution in [0.15, 0.2) is 0 Å². The second kappa shape index (κ2) is 6.46. The van der Waals surface area contributed by atoms with Crippen LogP contribution in [0.3, 0.4) is 0 Å². The molecule has 0 unspecified atom stereocenters. The minimum atomic E-state index is -4.11. The number of thioether (sulfide) groups is 1. The molecule has 5 heteroatoms. The smallest absolute Gasteiger partial charge is 0.160 e. The average Bonchev–Trinajstić information content (AvgIpc) is 2.26. The van der Waals surface area contributed by atoms with Gasteiger partial charge in [-0.05, 0) is 48.9 Å². The van der Waals surface area contributed by atoms with E-state index in [-0.39, 0.29) is 22.9 Å². The summed E-state index contributed by atoms with van der Waals surface area (Å²) in [6, 6.07) is 0. The van der Waals surface area contributed by atoms with Crippen LogP contribution in [0.4, 0.5) is 13.2 Å². The van der Waals surface area contributed by atoms with Gasteiger partial charge in [0.1, 0.15) is 0 Å². The van der Waals surface area contributed by atoms with Gasteiger partial charge in [0, 0.05) is 11.6 Å². The zero-order chi connectivity index (χ0) is 14.7. The first-order valence-corrected chi connectivity index (χ1v) is 8.37. The summed E-state index contributed by atoms with van der Waals surface area (Å²) in [5.74, 6) is 1.29. The Kier molecular flexibility index (Phi) is 5.95. The third kappa shape index (κ3) is 5.74. The van der Waals surface area contributed by atoms with Crippen LogP contribution in [-0.4, -0.2) is 17.1 Å². The maximum Gasteiger partial charge on any atom is 0.441 e. The van der Waals surface area contributed by atoms with Gasteiger partial charge in [0.2, 0.25) is 0 Å². The third-order valence-electron chi connectivity index (χ3n) is 4.45. The first-order chi connectivity index (χ1) is 8.58. The third-order valence-corrected chi connectivity index (χ3v) is 5.76. The second-order valence-electron chi connectivity index (χ2n) is 6.82. The van der Waals surface area contributed by atoms with Gasteiger partial charge < -0.3 is 0 Å². The zero-order valence-electron chi connectivity index (χ0n) is 11.9. The summed E-state index contributed by atoms with van der Waals surface area (Å²) < 4.78 is 36.6. The van der Waals surface area contributed by atoms with E-state index in [1.165, 1.54) is 0 Å². The summed E-state index contributed by atoms with van der Waals surface area (Å²) in [5, 5.41) is 0. The molecule has 1 rings (SSSR count). The van der Waals surface area contributed by atoms with Gasteiger partial charge in [0.05, 0.1) is 0 Å². The van der Waals surface area contributed by atoms with Crippen LogP contribution in [0.2, 0.25) is 0 Å². The lowest BCUT2D eigenvalue weighted by atomic mass is 9.64. The van der Waals surface area contributed by atoms with Crippen molar-refractivity contribution in [1.29, 1.82) is 0 Å². The number of hydrogen-bond acceptors (Lipinski definition) is 1. The average molecular weight is 317 g/mol. The normalized spacial score (nSPS) is 29.5. The molecule has 0 aromatic carbocycles. The van der Waals surface area contributed by atoms with Gasteiger partial charge in [0.15, 0.2) is 0 Å². The van der Waals surface area contributed by atoms with Crippen LogP contribution >= 0.6 is 23.4 Å². The summed E-state index contributed by atoms with van der Waals surface area (Å²) in [6.07, 6.45) is 4.70. The van der Waals surface area contributed by atoms with E-state index in [2.05, 4.69) is 20.8 Å². The molecule has 1 aliphatic rings. The maximum absolute atomic E-state index is 12.2. The zero-order valence-corrected chi connectivity index (χ0v) is 13.5. The Bertz CT molecular complexity index is 270. The summed E-state index contributed by atoms with van der Waals surface area (Å²) in [7, 11) is 0. The minimum Gasteiger partial charge on any atom is -0.160 e. The topological polar surface area (TPSA) is 0 Å². The molecular weight excluding hydrogens is 293 g/mol. The highest BCUT2D eigenvalue weighted by Gasteiger charge is 2.39. The second-order valence-corrected chi connectivity index (χ2v) is 8.25. The van der Waals surface area contributed by atoms with Crippen LogP contribution in [0.1, 0.15) is 52.9 Å². The summed E-state index contributed by atoms with van der Waals surface area (Å²) in [6.45, 7) is 6.72. The lowest BCUT2D eigenvalue weighted by Gasteiger charge is -2.43. The van der Waals surface area contributed by atoms with Gasteiger partial charge in [0.25, 0.3) is 0 Å². The van der Waals surface area contributed by atoms with Crippen molar-refractivity contribution >= 4 is 23.4 Å². The molecule has 0 saturated heterocycles. The van der Waals surface area contributed by atoms with Crippen molar-refractivity contribution in [3.63, 3.8) is 0 Å². The van der Waals surface area contributed by atoms with Crippen molar-refractivity contribution in [2.45, 2.75) is 58.4 Å². The fourth-order valence-electron chi connectivity index (χ4n) is 2.93. The molecule has 0 N–H and O–H groups in total. The van der Waals surface area contributed by atoms with E-state index in [4.69, 9.17) is 11.6 Å². The van der Waals surface area contributed by atoms with E-state index in [0.717, 1.165) is 25.7 Å². The number of hydrogen-bond donors (Lipinski definition) is 0. The maximum atomic E-state index is 12.2. The Hall–Kier alpha value is 0.430. The van der Waals surface area contributed by atoms with Gasteiger partial charge in [-0.3, -0.25) is 0 Å². The Morgan fingerprint density at radius 3 is 2.05 bits per heavy atom. The Labute approximate surface area is 123 Å². The quantitative estimate of drug-likeness (QED) is 0.565. The number of rotatable bonds is 4. The summed E-state index contributed by atoms with van der Waals surface area (Å²) >= 11 is 6.15. The molecule has 0 aromatic heterocycles. The molecule has 0 aromatic rings. The molecule has 1 saturated carbocycles. The molecule has 0 radical (unpaired) electrons. The number of alkyl halides is 4. The molecule has 1 fully saturated rings. The van der Waals surface area contributed by atoms with E-state index in [1.807, 2.05) is 0 Å². The van der Waals surface area contributed by atoms with Gasteiger partial charge in [-0.2, -0.15) is 13.2 Å². The molecule has 0 aliphatic heterocycles. The lowest BCUT2D eigenvalue weighted by molar-refractivity contribution is -0.0329. The van der Waals surface area contributed by atoms with Gasteiger partial charge in [-0.1, -0.05) is 32.5 Å². The molecular formula is C14H24ClF3S. The predicted molar refractivity (Wildman–Crippen MR) is 77.7 cm³/mol. The summed E-state index contributed by atoms with van der Waals surface area (Å²) in [4.78, 5) is 0. The molecule has 0 atom stereocenters. The Morgan fingerprint density at radius 2 is 1.68 bits per heavy atom. The first-order valence-electron chi connectivity index (χ1n) is 6.85. The van der Waals surface area contributed by atoms with Crippen LogP contribution < -0.4 is 0 Å².